The predicted molar refractivity (Wildman–Crippen MR) is 128 cm³/mol. The molecule has 2 N–H and O–H groups in total. The number of aliphatic hydroxyl groups is 2. The van der Waals surface area contributed by atoms with Crippen LogP contribution in [0.2, 0.25) is 0 Å². The fourth-order valence-corrected chi connectivity index (χ4v) is 2.55. The summed E-state index contributed by atoms with van der Waals surface area (Å²) in [5.41, 5.74) is 0. The topological polar surface area (TPSA) is 121 Å². The van der Waals surface area contributed by atoms with E-state index >= 15 is 0 Å². The zero-order valence-electron chi connectivity index (χ0n) is 19.7. The first-order valence-electron chi connectivity index (χ1n) is 11.0. The van der Waals surface area contributed by atoms with E-state index in [0.29, 0.717) is 23.0 Å². The van der Waals surface area contributed by atoms with Gasteiger partial charge in [-0.3, -0.25) is 0 Å². The van der Waals surface area contributed by atoms with E-state index in [0.717, 1.165) is 0 Å². The SMILES string of the molecule is CC=CC(=O)OCC(O)COc1ccc(Oc2ccc(OCC(O)COC(=O)C=CC)cc2)cc1. The summed E-state index contributed by atoms with van der Waals surface area (Å²) < 4.78 is 26.5. The van der Waals surface area contributed by atoms with Crippen LogP contribution in [0.5, 0.6) is 23.0 Å². The van der Waals surface area contributed by atoms with Crippen LogP contribution in [0.25, 0.3) is 0 Å². The van der Waals surface area contributed by atoms with Gasteiger partial charge in [-0.25, -0.2) is 9.59 Å². The van der Waals surface area contributed by atoms with Gasteiger partial charge >= 0.3 is 11.9 Å². The molecule has 2 aromatic carbocycles. The Bertz CT molecular complexity index is 886. The second-order valence-corrected chi connectivity index (χ2v) is 7.23. The van der Waals surface area contributed by atoms with E-state index in [-0.39, 0.29) is 26.4 Å². The Hall–Kier alpha value is -3.82. The highest BCUT2D eigenvalue weighted by atomic mass is 16.6. The van der Waals surface area contributed by atoms with E-state index in [2.05, 4.69) is 0 Å². The first kappa shape index (κ1) is 27.4. The van der Waals surface area contributed by atoms with Crippen molar-refractivity contribution in [3.05, 3.63) is 72.8 Å². The van der Waals surface area contributed by atoms with Crippen molar-refractivity contribution >= 4 is 11.9 Å². The Kier molecular flexibility index (Phi) is 11.9. The van der Waals surface area contributed by atoms with Crippen LogP contribution in [-0.2, 0) is 19.1 Å². The summed E-state index contributed by atoms with van der Waals surface area (Å²) in [4.78, 5) is 22.5. The molecule has 9 nitrogen and oxygen atoms in total. The monoisotopic (exact) mass is 486 g/mol. The van der Waals surface area contributed by atoms with Crippen LogP contribution >= 0.6 is 0 Å². The molecule has 0 aliphatic carbocycles. The van der Waals surface area contributed by atoms with E-state index in [1.807, 2.05) is 0 Å². The van der Waals surface area contributed by atoms with Gasteiger partial charge in [0, 0.05) is 12.2 Å². The van der Waals surface area contributed by atoms with E-state index < -0.39 is 24.1 Å². The summed E-state index contributed by atoms with van der Waals surface area (Å²) in [5.74, 6) is 1.15. The number of carbonyl (C=O) groups is 2. The number of carbonyl (C=O) groups excluding carboxylic acids is 2. The van der Waals surface area contributed by atoms with Gasteiger partial charge in [-0.2, -0.15) is 0 Å². The first-order valence-corrected chi connectivity index (χ1v) is 11.0. The molecule has 35 heavy (non-hydrogen) atoms. The minimum Gasteiger partial charge on any atom is -0.491 e. The molecule has 2 rings (SSSR count). The lowest BCUT2D eigenvalue weighted by Crippen LogP contribution is -2.24. The second-order valence-electron chi connectivity index (χ2n) is 7.23. The summed E-state index contributed by atoms with van der Waals surface area (Å²) in [6.45, 7) is 3.01. The Morgan fingerprint density at radius 3 is 1.34 bits per heavy atom. The molecule has 0 aliphatic heterocycles. The normalized spacial score (nSPS) is 12.8. The van der Waals surface area contributed by atoms with Gasteiger partial charge in [-0.1, -0.05) is 12.2 Å². The zero-order chi connectivity index (χ0) is 25.5. The number of hydrogen-bond donors (Lipinski definition) is 2. The van der Waals surface area contributed by atoms with Crippen molar-refractivity contribution < 1.29 is 43.5 Å². The average molecular weight is 487 g/mol. The van der Waals surface area contributed by atoms with Crippen LogP contribution in [0.15, 0.2) is 72.8 Å². The second kappa shape index (κ2) is 15.2. The van der Waals surface area contributed by atoms with Crippen molar-refractivity contribution in [1.82, 2.24) is 0 Å². The van der Waals surface area contributed by atoms with Crippen LogP contribution in [0.3, 0.4) is 0 Å². The van der Waals surface area contributed by atoms with Crippen LogP contribution in [0.4, 0.5) is 0 Å². The van der Waals surface area contributed by atoms with E-state index in [1.165, 1.54) is 12.2 Å². The molecular weight excluding hydrogens is 456 g/mol. The third kappa shape index (κ3) is 11.2. The Morgan fingerprint density at radius 1 is 0.657 bits per heavy atom. The maximum absolute atomic E-state index is 11.2. The molecule has 0 amide bonds. The van der Waals surface area contributed by atoms with Gasteiger partial charge in [-0.15, -0.1) is 0 Å². The lowest BCUT2D eigenvalue weighted by atomic mass is 10.3. The molecule has 0 bridgehead atoms. The van der Waals surface area contributed by atoms with Gasteiger partial charge in [0.25, 0.3) is 0 Å². The number of benzene rings is 2. The van der Waals surface area contributed by atoms with Gasteiger partial charge in [0.2, 0.25) is 0 Å². The third-order valence-corrected chi connectivity index (χ3v) is 4.21. The van der Waals surface area contributed by atoms with Crippen LogP contribution < -0.4 is 14.2 Å². The lowest BCUT2D eigenvalue weighted by molar-refractivity contribution is -0.142. The molecule has 0 heterocycles. The van der Waals surface area contributed by atoms with Crippen LogP contribution in [0.1, 0.15) is 13.8 Å². The quantitative estimate of drug-likeness (QED) is 0.306. The van der Waals surface area contributed by atoms with Crippen molar-refractivity contribution in [1.29, 1.82) is 0 Å². The summed E-state index contributed by atoms with van der Waals surface area (Å²) in [7, 11) is 0. The predicted octanol–water partition coefficient (Wildman–Crippen LogP) is 3.20. The molecular formula is C26H30O9. The highest BCUT2D eigenvalue weighted by Crippen LogP contribution is 2.25. The maximum atomic E-state index is 11.2. The van der Waals surface area contributed by atoms with Gasteiger partial charge in [-0.05, 0) is 62.4 Å². The fraction of sp³-hybridized carbons (Fsp3) is 0.308. The van der Waals surface area contributed by atoms with Crippen molar-refractivity contribution in [3.63, 3.8) is 0 Å². The number of hydrogen-bond acceptors (Lipinski definition) is 9. The third-order valence-electron chi connectivity index (χ3n) is 4.21. The molecule has 0 aromatic heterocycles. The lowest BCUT2D eigenvalue weighted by Gasteiger charge is -2.13. The minimum atomic E-state index is -0.949. The molecule has 0 saturated carbocycles. The number of esters is 2. The molecule has 0 radical (unpaired) electrons. The van der Waals surface area contributed by atoms with Gasteiger partial charge < -0.3 is 33.9 Å². The smallest absolute Gasteiger partial charge is 0.330 e. The summed E-state index contributed by atoms with van der Waals surface area (Å²) in [5, 5.41) is 19.7. The molecule has 0 spiro atoms. The summed E-state index contributed by atoms with van der Waals surface area (Å²) >= 11 is 0. The molecule has 0 saturated heterocycles. The van der Waals surface area contributed by atoms with Gasteiger partial charge in [0.15, 0.2) is 0 Å². The van der Waals surface area contributed by atoms with Gasteiger partial charge in [0.1, 0.15) is 61.6 Å². The van der Waals surface area contributed by atoms with Crippen molar-refractivity contribution in [2.75, 3.05) is 26.4 Å². The summed E-state index contributed by atoms with van der Waals surface area (Å²) in [6, 6.07) is 13.6. The first-order chi connectivity index (χ1) is 16.9. The van der Waals surface area contributed by atoms with Crippen LogP contribution in [0, 0.1) is 0 Å². The number of rotatable bonds is 14. The number of aliphatic hydroxyl groups excluding tert-OH is 2. The molecule has 2 atom stereocenters. The van der Waals surface area contributed by atoms with E-state index in [9.17, 15) is 19.8 Å². The molecule has 2 unspecified atom stereocenters. The molecule has 9 heteroatoms. The molecule has 0 aliphatic rings. The standard InChI is InChI=1S/C26H30O9/c1-3-5-25(29)33-17-19(27)15-31-21-7-11-23(12-8-21)35-24-13-9-22(10-14-24)32-16-20(28)18-34-26(30)6-4-2/h3-14,19-20,27-28H,15-18H2,1-2H3. The van der Waals surface area contributed by atoms with Gasteiger partial charge in [0.05, 0.1) is 0 Å². The summed E-state index contributed by atoms with van der Waals surface area (Å²) in [6.07, 6.45) is 3.75. The van der Waals surface area contributed by atoms with Crippen molar-refractivity contribution in [2.45, 2.75) is 26.1 Å². The van der Waals surface area contributed by atoms with E-state index in [1.54, 1.807) is 74.5 Å². The molecule has 2 aromatic rings. The highest BCUT2D eigenvalue weighted by Gasteiger charge is 2.10. The Balaban J connectivity index is 1.73. The largest absolute Gasteiger partial charge is 0.491 e. The van der Waals surface area contributed by atoms with E-state index in [4.69, 9.17) is 23.7 Å². The Morgan fingerprint density at radius 2 is 1.00 bits per heavy atom. The average Bonchev–Trinajstić information content (AvgIpc) is 2.86. The number of ether oxygens (including phenoxy) is 5. The maximum Gasteiger partial charge on any atom is 0.330 e. The van der Waals surface area contributed by atoms with Crippen molar-refractivity contribution in [2.24, 2.45) is 0 Å². The van der Waals surface area contributed by atoms with Crippen LogP contribution in [-0.4, -0.2) is 60.8 Å². The zero-order valence-corrected chi connectivity index (χ0v) is 19.7. The minimum absolute atomic E-state index is 0.0301. The fourth-order valence-electron chi connectivity index (χ4n) is 2.55. The molecule has 188 valence electrons. The Labute approximate surface area is 204 Å². The van der Waals surface area contributed by atoms with Crippen molar-refractivity contribution in [3.8, 4) is 23.0 Å². The highest BCUT2D eigenvalue weighted by molar-refractivity contribution is 5.82. The number of allylic oxidation sites excluding steroid dienone is 2. The molecule has 0 fully saturated rings.